The molecule has 1 aliphatic heterocycles. The minimum atomic E-state index is -3.76. The van der Waals surface area contributed by atoms with E-state index in [1.807, 2.05) is 0 Å². The highest BCUT2D eigenvalue weighted by molar-refractivity contribution is 7.93. The van der Waals surface area contributed by atoms with Gasteiger partial charge < -0.3 is 10.2 Å². The number of hydrogen-bond donors (Lipinski definition) is 2. The Morgan fingerprint density at radius 3 is 2.53 bits per heavy atom. The Morgan fingerprint density at radius 1 is 1.10 bits per heavy atom. The average molecular weight is 443 g/mol. The normalized spacial score (nSPS) is 14.0. The minimum Gasteiger partial charge on any atom is -0.322 e. The number of anilines is 3. The molecule has 4 rings (SSSR count). The second-order valence-electron chi connectivity index (χ2n) is 6.59. The van der Waals surface area contributed by atoms with Crippen LogP contribution in [0, 0.1) is 0 Å². The van der Waals surface area contributed by atoms with Crippen LogP contribution in [0.25, 0.3) is 0 Å². The van der Waals surface area contributed by atoms with Gasteiger partial charge in [0.1, 0.15) is 0 Å². The van der Waals surface area contributed by atoms with Gasteiger partial charge in [-0.05, 0) is 42.8 Å². The van der Waals surface area contributed by atoms with Gasteiger partial charge in [0.15, 0.2) is 5.13 Å². The molecular formula is C20H18N4O4S2. The van der Waals surface area contributed by atoms with E-state index in [-0.39, 0.29) is 21.8 Å². The lowest BCUT2D eigenvalue weighted by molar-refractivity contribution is -0.117. The summed E-state index contributed by atoms with van der Waals surface area (Å²) in [6.45, 7) is 0.585. The van der Waals surface area contributed by atoms with Gasteiger partial charge in [0.2, 0.25) is 5.91 Å². The maximum absolute atomic E-state index is 12.8. The second kappa shape index (κ2) is 8.25. The highest BCUT2D eigenvalue weighted by atomic mass is 32.2. The number of rotatable bonds is 6. The van der Waals surface area contributed by atoms with Crippen LogP contribution in [0.4, 0.5) is 16.5 Å². The van der Waals surface area contributed by atoms with Crippen LogP contribution in [0.1, 0.15) is 23.2 Å². The van der Waals surface area contributed by atoms with E-state index in [0.29, 0.717) is 29.9 Å². The zero-order valence-corrected chi connectivity index (χ0v) is 17.4. The van der Waals surface area contributed by atoms with Gasteiger partial charge >= 0.3 is 0 Å². The number of sulfonamides is 1. The van der Waals surface area contributed by atoms with Crippen molar-refractivity contribution in [2.75, 3.05) is 21.5 Å². The first-order chi connectivity index (χ1) is 14.4. The number of carbonyl (C=O) groups is 2. The molecule has 0 unspecified atom stereocenters. The van der Waals surface area contributed by atoms with Gasteiger partial charge in [0.05, 0.1) is 16.1 Å². The van der Waals surface area contributed by atoms with Crippen molar-refractivity contribution in [3.05, 3.63) is 65.7 Å². The summed E-state index contributed by atoms with van der Waals surface area (Å²) < 4.78 is 27.2. The smallest absolute Gasteiger partial charge is 0.263 e. The van der Waals surface area contributed by atoms with Crippen molar-refractivity contribution in [2.24, 2.45) is 0 Å². The molecule has 1 aromatic heterocycles. The zero-order chi connectivity index (χ0) is 21.1. The minimum absolute atomic E-state index is 0.00228. The molecule has 2 aromatic carbocycles. The molecule has 2 amide bonds. The number of carbonyl (C=O) groups excluding carboxylic acids is 2. The van der Waals surface area contributed by atoms with E-state index < -0.39 is 10.0 Å². The average Bonchev–Trinajstić information content (AvgIpc) is 3.39. The van der Waals surface area contributed by atoms with Crippen LogP contribution in [-0.4, -0.2) is 31.8 Å². The third-order valence-corrected chi connectivity index (χ3v) is 6.76. The SMILES string of the molecule is O=C(Nc1ccc(S(=O)(=O)Nc2nccs2)cc1)c1ccccc1N1CCCC1=O. The lowest BCUT2D eigenvalue weighted by Crippen LogP contribution is -2.27. The van der Waals surface area contributed by atoms with Gasteiger partial charge in [-0.1, -0.05) is 12.1 Å². The molecule has 2 N–H and O–H groups in total. The molecule has 0 bridgehead atoms. The van der Waals surface area contributed by atoms with Crippen LogP contribution < -0.4 is 14.9 Å². The van der Waals surface area contributed by atoms with Gasteiger partial charge in [0.25, 0.3) is 15.9 Å². The Bertz CT molecular complexity index is 1180. The molecule has 30 heavy (non-hydrogen) atoms. The quantitative estimate of drug-likeness (QED) is 0.609. The predicted octanol–water partition coefficient (Wildman–Crippen LogP) is 3.32. The van der Waals surface area contributed by atoms with E-state index in [1.54, 1.807) is 34.5 Å². The number of nitrogens with zero attached hydrogens (tertiary/aromatic N) is 2. The Kier molecular flexibility index (Phi) is 5.51. The third-order valence-electron chi connectivity index (χ3n) is 4.59. The summed E-state index contributed by atoms with van der Waals surface area (Å²) in [6, 6.07) is 12.8. The van der Waals surface area contributed by atoms with E-state index in [9.17, 15) is 18.0 Å². The van der Waals surface area contributed by atoms with Crippen molar-refractivity contribution in [1.29, 1.82) is 0 Å². The van der Waals surface area contributed by atoms with Gasteiger partial charge in [0, 0.05) is 30.2 Å². The van der Waals surface area contributed by atoms with Crippen molar-refractivity contribution in [3.63, 3.8) is 0 Å². The summed E-state index contributed by atoms with van der Waals surface area (Å²) >= 11 is 1.18. The lowest BCUT2D eigenvalue weighted by atomic mass is 10.1. The Balaban J connectivity index is 1.50. The first kappa shape index (κ1) is 20.0. The maximum Gasteiger partial charge on any atom is 0.263 e. The van der Waals surface area contributed by atoms with Crippen molar-refractivity contribution >= 4 is 49.7 Å². The molecule has 0 radical (unpaired) electrons. The number of amides is 2. The molecule has 8 nitrogen and oxygen atoms in total. The lowest BCUT2D eigenvalue weighted by Gasteiger charge is -2.19. The molecule has 2 heterocycles. The third kappa shape index (κ3) is 4.19. The van der Waals surface area contributed by atoms with Crippen LogP contribution >= 0.6 is 11.3 Å². The van der Waals surface area contributed by atoms with Gasteiger partial charge in [-0.25, -0.2) is 13.4 Å². The number of hydrogen-bond acceptors (Lipinski definition) is 6. The molecule has 1 saturated heterocycles. The molecule has 154 valence electrons. The standard InChI is InChI=1S/C20H18N4O4S2/c25-18-6-3-12-24(18)17-5-2-1-4-16(17)19(26)22-14-7-9-15(10-8-14)30(27,28)23-20-21-11-13-29-20/h1-2,4-5,7-11,13H,3,6,12H2,(H,21,23)(H,22,26). The summed E-state index contributed by atoms with van der Waals surface area (Å²) in [4.78, 5) is 30.5. The monoisotopic (exact) mass is 442 g/mol. The Labute approximate surface area is 177 Å². The predicted molar refractivity (Wildman–Crippen MR) is 115 cm³/mol. The molecule has 0 aliphatic carbocycles. The largest absolute Gasteiger partial charge is 0.322 e. The van der Waals surface area contributed by atoms with E-state index in [1.165, 1.54) is 41.8 Å². The van der Waals surface area contributed by atoms with Crippen LogP contribution in [0.3, 0.4) is 0 Å². The van der Waals surface area contributed by atoms with E-state index in [4.69, 9.17) is 0 Å². The van der Waals surface area contributed by atoms with Crippen LogP contribution in [-0.2, 0) is 14.8 Å². The van der Waals surface area contributed by atoms with Gasteiger partial charge in [-0.2, -0.15) is 0 Å². The highest BCUT2D eigenvalue weighted by Crippen LogP contribution is 2.26. The summed E-state index contributed by atoms with van der Waals surface area (Å²) in [5.41, 5.74) is 1.40. The molecular weight excluding hydrogens is 424 g/mol. The zero-order valence-electron chi connectivity index (χ0n) is 15.7. The summed E-state index contributed by atoms with van der Waals surface area (Å²) in [7, 11) is -3.76. The van der Waals surface area contributed by atoms with Crippen molar-refractivity contribution in [3.8, 4) is 0 Å². The van der Waals surface area contributed by atoms with Crippen molar-refractivity contribution < 1.29 is 18.0 Å². The second-order valence-corrected chi connectivity index (χ2v) is 9.16. The molecule has 0 spiro atoms. The highest BCUT2D eigenvalue weighted by Gasteiger charge is 2.25. The molecule has 3 aromatic rings. The molecule has 0 atom stereocenters. The summed E-state index contributed by atoms with van der Waals surface area (Å²) in [5, 5.41) is 4.71. The maximum atomic E-state index is 12.8. The number of benzene rings is 2. The number of aromatic nitrogens is 1. The van der Waals surface area contributed by atoms with Gasteiger partial charge in [-0.15, -0.1) is 11.3 Å². The topological polar surface area (TPSA) is 108 Å². The van der Waals surface area contributed by atoms with Crippen molar-refractivity contribution in [2.45, 2.75) is 17.7 Å². The fourth-order valence-corrected chi connectivity index (χ4v) is 4.96. The fourth-order valence-electron chi connectivity index (χ4n) is 3.17. The van der Waals surface area contributed by atoms with Crippen LogP contribution in [0.15, 0.2) is 65.0 Å². The van der Waals surface area contributed by atoms with Crippen molar-refractivity contribution in [1.82, 2.24) is 4.98 Å². The van der Waals surface area contributed by atoms with E-state index in [2.05, 4.69) is 15.0 Å². The molecule has 1 fully saturated rings. The van der Waals surface area contributed by atoms with Gasteiger partial charge in [-0.3, -0.25) is 14.3 Å². The summed E-state index contributed by atoms with van der Waals surface area (Å²) in [5.74, 6) is -0.376. The number of nitrogens with one attached hydrogen (secondary N) is 2. The first-order valence-electron chi connectivity index (χ1n) is 9.17. The molecule has 10 heteroatoms. The number of thiazole rings is 1. The Hall–Kier alpha value is -3.24. The van der Waals surface area contributed by atoms with Crippen LogP contribution in [0.2, 0.25) is 0 Å². The number of para-hydroxylation sites is 1. The Morgan fingerprint density at radius 2 is 1.87 bits per heavy atom. The molecule has 0 saturated carbocycles. The molecule has 1 aliphatic rings. The van der Waals surface area contributed by atoms with Crippen LogP contribution in [0.5, 0.6) is 0 Å². The fraction of sp³-hybridized carbons (Fsp3) is 0.150. The first-order valence-corrected chi connectivity index (χ1v) is 11.5. The van der Waals surface area contributed by atoms with E-state index >= 15 is 0 Å². The summed E-state index contributed by atoms with van der Waals surface area (Å²) in [6.07, 6.45) is 2.75. The van der Waals surface area contributed by atoms with E-state index in [0.717, 1.165) is 6.42 Å².